The molecule has 0 saturated heterocycles. The highest BCUT2D eigenvalue weighted by Crippen LogP contribution is 2.34. The third-order valence-corrected chi connectivity index (χ3v) is 8.24. The molecule has 1 aliphatic carbocycles. The molecule has 0 radical (unpaired) electrons. The quantitative estimate of drug-likeness (QED) is 0.258. The molecule has 0 aliphatic heterocycles. The Balaban J connectivity index is 1.45. The van der Waals surface area contributed by atoms with Gasteiger partial charge in [0, 0.05) is 17.8 Å². The van der Waals surface area contributed by atoms with E-state index in [9.17, 15) is 0 Å². The van der Waals surface area contributed by atoms with E-state index in [-0.39, 0.29) is 0 Å². The normalized spacial score (nSPS) is 18.0. The second-order valence-corrected chi connectivity index (χ2v) is 11.1. The summed E-state index contributed by atoms with van der Waals surface area (Å²) in [7, 11) is 1.64. The second kappa shape index (κ2) is 10.8. The van der Waals surface area contributed by atoms with Gasteiger partial charge in [0.1, 0.15) is 23.0 Å². The van der Waals surface area contributed by atoms with Gasteiger partial charge < -0.3 is 14.6 Å². The maximum absolute atomic E-state index is 6.39. The first-order valence-electron chi connectivity index (χ1n) is 13.4. The van der Waals surface area contributed by atoms with Crippen LogP contribution in [0.2, 0.25) is 5.02 Å². The molecule has 1 aliphatic rings. The fourth-order valence-electron chi connectivity index (χ4n) is 5.72. The third kappa shape index (κ3) is 5.35. The molecule has 7 heteroatoms. The zero-order chi connectivity index (χ0) is 26.1. The van der Waals surface area contributed by atoms with Crippen LogP contribution in [-0.2, 0) is 12.8 Å². The number of anilines is 1. The summed E-state index contributed by atoms with van der Waals surface area (Å²) in [6.07, 6.45) is 8.73. The van der Waals surface area contributed by atoms with Crippen molar-refractivity contribution in [1.29, 1.82) is 0 Å². The first-order valence-corrected chi connectivity index (χ1v) is 13.7. The molecule has 6 nitrogen and oxygen atoms in total. The summed E-state index contributed by atoms with van der Waals surface area (Å²) >= 11 is 6.39. The molecular weight excluding hydrogens is 484 g/mol. The molecule has 3 aromatic heterocycles. The number of fused-ring (bicyclic) bond motifs is 1. The van der Waals surface area contributed by atoms with Crippen LogP contribution >= 0.6 is 11.6 Å². The number of imidazole rings is 1. The van der Waals surface area contributed by atoms with Gasteiger partial charge in [-0.05, 0) is 99.6 Å². The lowest BCUT2D eigenvalue weighted by molar-refractivity contribution is 0.266. The van der Waals surface area contributed by atoms with E-state index >= 15 is 0 Å². The zero-order valence-corrected chi connectivity index (χ0v) is 23.2. The molecule has 4 aromatic rings. The SMILES string of the molecule is COc1ccc(CCc2nc3cc(-c4c(C)noc4C)ccn3c2NC2CCC(C(C)C)CC2)cc1Cl. The lowest BCUT2D eigenvalue weighted by Crippen LogP contribution is -2.28. The van der Waals surface area contributed by atoms with Crippen molar-refractivity contribution in [3.05, 3.63) is 64.3 Å². The summed E-state index contributed by atoms with van der Waals surface area (Å²) in [6, 6.07) is 10.7. The van der Waals surface area contributed by atoms with Crippen molar-refractivity contribution >= 4 is 23.1 Å². The van der Waals surface area contributed by atoms with Crippen molar-refractivity contribution in [2.45, 2.75) is 72.3 Å². The predicted molar refractivity (Wildman–Crippen MR) is 150 cm³/mol. The van der Waals surface area contributed by atoms with Gasteiger partial charge in [-0.25, -0.2) is 4.98 Å². The minimum Gasteiger partial charge on any atom is -0.495 e. The number of aryl methyl sites for hydroxylation is 4. The molecule has 0 bridgehead atoms. The number of pyridine rings is 1. The largest absolute Gasteiger partial charge is 0.495 e. The molecule has 1 fully saturated rings. The van der Waals surface area contributed by atoms with Gasteiger partial charge in [0.15, 0.2) is 0 Å². The van der Waals surface area contributed by atoms with Gasteiger partial charge in [-0.3, -0.25) is 4.40 Å². The molecule has 5 rings (SSSR count). The molecule has 0 atom stereocenters. The number of aromatic nitrogens is 3. The minimum absolute atomic E-state index is 0.464. The Morgan fingerprint density at radius 1 is 1.11 bits per heavy atom. The van der Waals surface area contributed by atoms with Crippen molar-refractivity contribution in [3.63, 3.8) is 0 Å². The number of hydrogen-bond acceptors (Lipinski definition) is 5. The number of hydrogen-bond donors (Lipinski definition) is 1. The van der Waals surface area contributed by atoms with Gasteiger partial charge in [-0.1, -0.05) is 36.7 Å². The highest BCUT2D eigenvalue weighted by atomic mass is 35.5. The van der Waals surface area contributed by atoms with Gasteiger partial charge in [-0.2, -0.15) is 0 Å². The van der Waals surface area contributed by atoms with E-state index in [4.69, 9.17) is 25.8 Å². The van der Waals surface area contributed by atoms with Crippen molar-refractivity contribution in [2.24, 2.45) is 11.8 Å². The summed E-state index contributed by atoms with van der Waals surface area (Å²) in [4.78, 5) is 5.11. The highest BCUT2D eigenvalue weighted by Gasteiger charge is 2.25. The maximum atomic E-state index is 6.39. The predicted octanol–water partition coefficient (Wildman–Crippen LogP) is 7.68. The van der Waals surface area contributed by atoms with Crippen molar-refractivity contribution in [2.75, 3.05) is 12.4 Å². The van der Waals surface area contributed by atoms with Crippen molar-refractivity contribution in [1.82, 2.24) is 14.5 Å². The standard InChI is InChI=1S/C30H37ClN4O2/c1-18(2)22-8-10-24(11-9-22)32-30-26(12-6-21-7-13-27(36-5)25(31)16-21)33-28-17-23(14-15-35(28)30)29-19(3)34-37-20(29)4/h7,13-18,22,24,32H,6,8-12H2,1-5H3. The Hall–Kier alpha value is -2.99. The van der Waals surface area contributed by atoms with Crippen LogP contribution in [0.3, 0.4) is 0 Å². The average Bonchev–Trinajstić information content (AvgIpc) is 3.41. The lowest BCUT2D eigenvalue weighted by atomic mass is 9.80. The van der Waals surface area contributed by atoms with Crippen LogP contribution in [-0.4, -0.2) is 27.7 Å². The molecule has 1 N–H and O–H groups in total. The Labute approximate surface area is 224 Å². The molecule has 1 saturated carbocycles. The van der Waals surface area contributed by atoms with Gasteiger partial charge in [0.2, 0.25) is 0 Å². The molecular formula is C30H37ClN4O2. The number of nitrogens with zero attached hydrogens (tertiary/aromatic N) is 3. The topological polar surface area (TPSA) is 64.6 Å². The minimum atomic E-state index is 0.464. The third-order valence-electron chi connectivity index (χ3n) is 7.94. The number of benzene rings is 1. The Morgan fingerprint density at radius 3 is 2.54 bits per heavy atom. The molecule has 0 amide bonds. The monoisotopic (exact) mass is 520 g/mol. The van der Waals surface area contributed by atoms with E-state index in [1.54, 1.807) is 7.11 Å². The summed E-state index contributed by atoms with van der Waals surface area (Å²) < 4.78 is 12.9. The lowest BCUT2D eigenvalue weighted by Gasteiger charge is -2.31. The molecule has 0 unspecified atom stereocenters. The summed E-state index contributed by atoms with van der Waals surface area (Å²) in [5, 5.41) is 8.68. The van der Waals surface area contributed by atoms with E-state index in [2.05, 4.69) is 53.1 Å². The van der Waals surface area contributed by atoms with E-state index in [0.29, 0.717) is 16.8 Å². The van der Waals surface area contributed by atoms with E-state index in [1.807, 2.05) is 26.0 Å². The maximum Gasteiger partial charge on any atom is 0.141 e. The number of methoxy groups -OCH3 is 1. The van der Waals surface area contributed by atoms with Crippen molar-refractivity contribution in [3.8, 4) is 16.9 Å². The number of rotatable bonds is 8. The first-order chi connectivity index (χ1) is 17.8. The van der Waals surface area contributed by atoms with Crippen LogP contribution in [0.4, 0.5) is 5.82 Å². The first kappa shape index (κ1) is 25.7. The average molecular weight is 521 g/mol. The van der Waals surface area contributed by atoms with Crippen LogP contribution in [0, 0.1) is 25.7 Å². The Kier molecular flexibility index (Phi) is 7.47. The van der Waals surface area contributed by atoms with Crippen LogP contribution in [0.15, 0.2) is 41.1 Å². The van der Waals surface area contributed by atoms with E-state index in [1.165, 1.54) is 31.2 Å². The molecule has 37 heavy (non-hydrogen) atoms. The summed E-state index contributed by atoms with van der Waals surface area (Å²) in [5.74, 6) is 4.21. The van der Waals surface area contributed by atoms with Gasteiger partial charge in [0.25, 0.3) is 0 Å². The molecule has 3 heterocycles. The second-order valence-electron chi connectivity index (χ2n) is 10.7. The molecule has 196 valence electrons. The molecule has 0 spiro atoms. The Bertz CT molecular complexity index is 1360. The number of ether oxygens (including phenoxy) is 1. The van der Waals surface area contributed by atoms with Gasteiger partial charge >= 0.3 is 0 Å². The molecule has 1 aromatic carbocycles. The Morgan fingerprint density at radius 2 is 1.89 bits per heavy atom. The van der Waals surface area contributed by atoms with Gasteiger partial charge in [-0.15, -0.1) is 0 Å². The smallest absolute Gasteiger partial charge is 0.141 e. The zero-order valence-electron chi connectivity index (χ0n) is 22.5. The van der Waals surface area contributed by atoms with Crippen molar-refractivity contribution < 1.29 is 9.26 Å². The summed E-state index contributed by atoms with van der Waals surface area (Å²) in [5.41, 5.74) is 6.19. The highest BCUT2D eigenvalue weighted by molar-refractivity contribution is 6.32. The number of nitrogens with one attached hydrogen (secondary N) is 1. The van der Waals surface area contributed by atoms with E-state index < -0.39 is 0 Å². The van der Waals surface area contributed by atoms with Crippen LogP contribution in [0.1, 0.15) is 62.2 Å². The summed E-state index contributed by atoms with van der Waals surface area (Å²) in [6.45, 7) is 8.64. The van der Waals surface area contributed by atoms with Gasteiger partial charge in [0.05, 0.1) is 23.5 Å². The van der Waals surface area contributed by atoms with Crippen LogP contribution in [0.25, 0.3) is 16.8 Å². The number of halogens is 1. The van der Waals surface area contributed by atoms with E-state index in [0.717, 1.165) is 64.4 Å². The fourth-order valence-corrected chi connectivity index (χ4v) is 6.00. The fraction of sp³-hybridized carbons (Fsp3) is 0.467. The van der Waals surface area contributed by atoms with Crippen LogP contribution < -0.4 is 10.1 Å². The van der Waals surface area contributed by atoms with Crippen LogP contribution in [0.5, 0.6) is 5.75 Å².